The summed E-state index contributed by atoms with van der Waals surface area (Å²) in [5, 5.41) is 0. The van der Waals surface area contributed by atoms with Crippen molar-refractivity contribution in [3.63, 3.8) is 0 Å². The fourth-order valence-electron chi connectivity index (χ4n) is 3.96. The summed E-state index contributed by atoms with van der Waals surface area (Å²) in [5.41, 5.74) is 3.86. The first-order valence-corrected chi connectivity index (χ1v) is 10.0. The summed E-state index contributed by atoms with van der Waals surface area (Å²) in [6.45, 7) is 0.773. The molecule has 0 aliphatic carbocycles. The van der Waals surface area contributed by atoms with E-state index in [1.54, 1.807) is 13.3 Å². The SMILES string of the molecule is COc1ccccc1Cc1cccc([C@@H]2CCCN2C(=O)Cc2ccccn2)n1. The van der Waals surface area contributed by atoms with Crippen molar-refractivity contribution in [2.45, 2.75) is 31.7 Å². The molecule has 0 saturated carbocycles. The number of para-hydroxylation sites is 1. The molecule has 0 radical (unpaired) electrons. The Balaban J connectivity index is 1.51. The van der Waals surface area contributed by atoms with Crippen molar-refractivity contribution in [1.29, 1.82) is 0 Å². The first-order chi connectivity index (χ1) is 14.2. The molecule has 1 amide bonds. The summed E-state index contributed by atoms with van der Waals surface area (Å²) >= 11 is 0. The van der Waals surface area contributed by atoms with E-state index < -0.39 is 0 Å². The zero-order valence-corrected chi connectivity index (χ0v) is 16.6. The van der Waals surface area contributed by atoms with Crippen LogP contribution in [0.3, 0.4) is 0 Å². The Kier molecular flexibility index (Phi) is 5.84. The molecule has 0 bridgehead atoms. The number of amides is 1. The Labute approximate surface area is 171 Å². The van der Waals surface area contributed by atoms with Crippen LogP contribution in [-0.4, -0.2) is 34.4 Å². The van der Waals surface area contributed by atoms with Crippen molar-refractivity contribution in [3.05, 3.63) is 89.5 Å². The molecule has 4 rings (SSSR count). The number of carbonyl (C=O) groups is 1. The maximum Gasteiger partial charge on any atom is 0.229 e. The average molecular weight is 387 g/mol. The molecule has 3 heterocycles. The van der Waals surface area contributed by atoms with Gasteiger partial charge in [-0.2, -0.15) is 0 Å². The highest BCUT2D eigenvalue weighted by Gasteiger charge is 2.31. The second-order valence-corrected chi connectivity index (χ2v) is 7.29. The van der Waals surface area contributed by atoms with Crippen molar-refractivity contribution < 1.29 is 9.53 Å². The van der Waals surface area contributed by atoms with E-state index in [4.69, 9.17) is 9.72 Å². The van der Waals surface area contributed by atoms with Crippen LogP contribution < -0.4 is 4.74 Å². The number of ether oxygens (including phenoxy) is 1. The molecule has 1 fully saturated rings. The third kappa shape index (κ3) is 4.45. The van der Waals surface area contributed by atoms with Crippen LogP contribution in [0.25, 0.3) is 0 Å². The Morgan fingerprint density at radius 3 is 2.72 bits per heavy atom. The van der Waals surface area contributed by atoms with Crippen LogP contribution in [-0.2, 0) is 17.6 Å². The van der Waals surface area contributed by atoms with Crippen LogP contribution in [0.15, 0.2) is 66.9 Å². The lowest BCUT2D eigenvalue weighted by Gasteiger charge is -2.24. The molecule has 0 N–H and O–H groups in total. The molecular formula is C24H25N3O2. The van der Waals surface area contributed by atoms with E-state index in [1.807, 2.05) is 59.5 Å². The van der Waals surface area contributed by atoms with Gasteiger partial charge in [0.2, 0.25) is 5.91 Å². The van der Waals surface area contributed by atoms with Gasteiger partial charge in [-0.3, -0.25) is 14.8 Å². The maximum absolute atomic E-state index is 12.9. The molecule has 5 heteroatoms. The number of carbonyl (C=O) groups excluding carboxylic acids is 1. The van der Waals surface area contributed by atoms with Crippen molar-refractivity contribution >= 4 is 5.91 Å². The molecule has 29 heavy (non-hydrogen) atoms. The Morgan fingerprint density at radius 1 is 1.07 bits per heavy atom. The molecule has 1 aliphatic rings. The van der Waals surface area contributed by atoms with Crippen LogP contribution in [0.1, 0.15) is 41.5 Å². The van der Waals surface area contributed by atoms with Gasteiger partial charge in [0, 0.05) is 36.1 Å². The van der Waals surface area contributed by atoms with E-state index in [-0.39, 0.29) is 11.9 Å². The second-order valence-electron chi connectivity index (χ2n) is 7.29. The number of hydrogen-bond acceptors (Lipinski definition) is 4. The fraction of sp³-hybridized carbons (Fsp3) is 0.292. The van der Waals surface area contributed by atoms with Gasteiger partial charge in [-0.15, -0.1) is 0 Å². The topological polar surface area (TPSA) is 55.3 Å². The summed E-state index contributed by atoms with van der Waals surface area (Å²) in [5.74, 6) is 0.982. The van der Waals surface area contributed by atoms with Crippen LogP contribution in [0.4, 0.5) is 0 Å². The highest BCUT2D eigenvalue weighted by molar-refractivity contribution is 5.79. The van der Waals surface area contributed by atoms with E-state index in [9.17, 15) is 4.79 Å². The van der Waals surface area contributed by atoms with E-state index >= 15 is 0 Å². The first-order valence-electron chi connectivity index (χ1n) is 10.0. The molecule has 0 unspecified atom stereocenters. The minimum atomic E-state index is 0.0313. The highest BCUT2D eigenvalue weighted by atomic mass is 16.5. The Bertz CT molecular complexity index is 975. The number of benzene rings is 1. The van der Waals surface area contributed by atoms with E-state index in [1.165, 1.54) is 0 Å². The smallest absolute Gasteiger partial charge is 0.229 e. The van der Waals surface area contributed by atoms with Gasteiger partial charge in [0.1, 0.15) is 5.75 Å². The van der Waals surface area contributed by atoms with Gasteiger partial charge in [-0.25, -0.2) is 0 Å². The van der Waals surface area contributed by atoms with Crippen LogP contribution >= 0.6 is 0 Å². The lowest BCUT2D eigenvalue weighted by atomic mass is 10.1. The number of hydrogen-bond donors (Lipinski definition) is 0. The van der Waals surface area contributed by atoms with Gasteiger partial charge in [0.15, 0.2) is 0 Å². The molecule has 0 spiro atoms. The van der Waals surface area contributed by atoms with Gasteiger partial charge in [-0.1, -0.05) is 30.3 Å². The normalized spacial score (nSPS) is 16.0. The molecule has 1 aromatic carbocycles. The first kappa shape index (κ1) is 19.1. The molecule has 1 atom stereocenters. The van der Waals surface area contributed by atoms with Crippen LogP contribution in [0.2, 0.25) is 0 Å². The minimum Gasteiger partial charge on any atom is -0.496 e. The molecule has 1 saturated heterocycles. The molecule has 1 aliphatic heterocycles. The number of rotatable bonds is 6. The quantitative estimate of drug-likeness (QED) is 0.642. The summed E-state index contributed by atoms with van der Waals surface area (Å²) in [7, 11) is 1.69. The van der Waals surface area contributed by atoms with Crippen molar-refractivity contribution in [1.82, 2.24) is 14.9 Å². The number of aromatic nitrogens is 2. The van der Waals surface area contributed by atoms with Crippen LogP contribution in [0, 0.1) is 0 Å². The molecular weight excluding hydrogens is 362 g/mol. The predicted octanol–water partition coefficient (Wildman–Crippen LogP) is 3.98. The zero-order chi connectivity index (χ0) is 20.1. The summed E-state index contributed by atoms with van der Waals surface area (Å²) in [6, 6.07) is 19.8. The summed E-state index contributed by atoms with van der Waals surface area (Å²) < 4.78 is 5.47. The average Bonchev–Trinajstić information content (AvgIpc) is 3.25. The van der Waals surface area contributed by atoms with Gasteiger partial charge < -0.3 is 9.64 Å². The van der Waals surface area contributed by atoms with Gasteiger partial charge in [0.05, 0.1) is 25.3 Å². The molecule has 5 nitrogen and oxygen atoms in total. The van der Waals surface area contributed by atoms with E-state index in [0.717, 1.165) is 47.8 Å². The van der Waals surface area contributed by atoms with E-state index in [2.05, 4.69) is 11.1 Å². The zero-order valence-electron chi connectivity index (χ0n) is 16.6. The monoisotopic (exact) mass is 387 g/mol. The number of pyridine rings is 2. The van der Waals surface area contributed by atoms with Crippen LogP contribution in [0.5, 0.6) is 5.75 Å². The van der Waals surface area contributed by atoms with Gasteiger partial charge in [0.25, 0.3) is 0 Å². The Hall–Kier alpha value is -3.21. The molecule has 2 aromatic heterocycles. The highest BCUT2D eigenvalue weighted by Crippen LogP contribution is 2.32. The Morgan fingerprint density at radius 2 is 1.90 bits per heavy atom. The third-order valence-electron chi connectivity index (χ3n) is 5.37. The predicted molar refractivity (Wildman–Crippen MR) is 112 cm³/mol. The number of methoxy groups -OCH3 is 1. The number of nitrogens with zero attached hydrogens (tertiary/aromatic N) is 3. The lowest BCUT2D eigenvalue weighted by molar-refractivity contribution is -0.131. The molecule has 3 aromatic rings. The minimum absolute atomic E-state index is 0.0313. The van der Waals surface area contributed by atoms with Crippen molar-refractivity contribution in [2.75, 3.05) is 13.7 Å². The van der Waals surface area contributed by atoms with E-state index in [0.29, 0.717) is 12.8 Å². The fourth-order valence-corrected chi connectivity index (χ4v) is 3.96. The van der Waals surface area contributed by atoms with Gasteiger partial charge >= 0.3 is 0 Å². The number of likely N-dealkylation sites (tertiary alicyclic amines) is 1. The van der Waals surface area contributed by atoms with Gasteiger partial charge in [-0.05, 0) is 43.2 Å². The molecule has 148 valence electrons. The summed E-state index contributed by atoms with van der Waals surface area (Å²) in [4.78, 5) is 24.1. The van der Waals surface area contributed by atoms with Crippen molar-refractivity contribution in [3.8, 4) is 5.75 Å². The summed E-state index contributed by atoms with van der Waals surface area (Å²) in [6.07, 6.45) is 4.70. The largest absolute Gasteiger partial charge is 0.496 e. The lowest BCUT2D eigenvalue weighted by Crippen LogP contribution is -2.32. The second kappa shape index (κ2) is 8.86. The third-order valence-corrected chi connectivity index (χ3v) is 5.37. The maximum atomic E-state index is 12.9. The standard InChI is InChI=1S/C24H25N3O2/c1-29-23-13-3-2-8-18(23)16-20-10-6-11-21(26-20)22-12-7-15-27(22)24(28)17-19-9-4-5-14-25-19/h2-6,8-11,13-14,22H,7,12,15-17H2,1H3/t22-/m0/s1. The van der Waals surface area contributed by atoms with Crippen molar-refractivity contribution in [2.24, 2.45) is 0 Å².